The normalized spacial score (nSPS) is 11.5. The van der Waals surface area contributed by atoms with Crippen LogP contribution in [-0.4, -0.2) is 12.6 Å². The minimum Gasteiger partial charge on any atom is -0.146 e. The molecule has 0 aromatic rings. The van der Waals surface area contributed by atoms with E-state index in [0.717, 1.165) is 18.5 Å². The lowest BCUT2D eigenvalue weighted by Crippen LogP contribution is -2.16. The van der Waals surface area contributed by atoms with Crippen molar-refractivity contribution in [1.29, 1.82) is 0 Å². The van der Waals surface area contributed by atoms with E-state index in [9.17, 15) is 0 Å². The van der Waals surface area contributed by atoms with Crippen LogP contribution in [0.15, 0.2) is 12.7 Å². The summed E-state index contributed by atoms with van der Waals surface area (Å²) in [5, 5.41) is 0. The molecule has 0 aliphatic heterocycles. The lowest BCUT2D eigenvalue weighted by atomic mass is 10.6. The van der Waals surface area contributed by atoms with Gasteiger partial charge in [-0.3, -0.25) is 0 Å². The largest absolute Gasteiger partial charge is 0.255 e. The highest BCUT2D eigenvalue weighted by Gasteiger charge is 2.25. The van der Waals surface area contributed by atoms with Gasteiger partial charge in [-0.25, -0.2) is 0 Å². The number of hydrogen-bond donors (Lipinski definition) is 0. The van der Waals surface area contributed by atoms with Gasteiger partial charge < -0.3 is 0 Å². The van der Waals surface area contributed by atoms with Crippen LogP contribution in [0, 0.1) is 0 Å². The molecule has 0 aromatic heterocycles. The summed E-state index contributed by atoms with van der Waals surface area (Å²) in [6, 6.07) is 1.62. The highest BCUT2D eigenvalue weighted by atomic mass is 35.7. The van der Waals surface area contributed by atoms with E-state index in [4.69, 9.17) is 33.8 Å². The first-order valence-electron chi connectivity index (χ1n) is 3.17. The maximum Gasteiger partial charge on any atom is 0.255 e. The molecule has 0 amide bonds. The predicted octanol–water partition coefficient (Wildman–Crippen LogP) is 3.72. The molecule has 0 unspecified atom stereocenters. The zero-order valence-corrected chi connectivity index (χ0v) is 9.01. The van der Waals surface area contributed by atoms with Crippen molar-refractivity contribution in [3.63, 3.8) is 0 Å². The Labute approximate surface area is 77.6 Å². The Morgan fingerprint density at radius 1 is 1.40 bits per heavy atom. The van der Waals surface area contributed by atoms with Crippen molar-refractivity contribution in [2.45, 2.75) is 18.5 Å². The van der Waals surface area contributed by atoms with Gasteiger partial charge in [0, 0.05) is 5.88 Å². The summed E-state index contributed by atoms with van der Waals surface area (Å²) < 4.78 is 0. The standard InChI is InChI=1S/C6H11Cl3Si/c1-2-5-10(8,9)6-3-4-7/h2H,1,3-6H2. The predicted molar refractivity (Wildman–Crippen MR) is 52.6 cm³/mol. The van der Waals surface area contributed by atoms with Crippen LogP contribution in [0.3, 0.4) is 0 Å². The molecule has 0 aliphatic carbocycles. The van der Waals surface area contributed by atoms with E-state index < -0.39 is 6.69 Å². The Kier molecular flexibility index (Phi) is 5.93. The number of rotatable bonds is 5. The molecule has 0 atom stereocenters. The third kappa shape index (κ3) is 5.60. The van der Waals surface area contributed by atoms with Crippen molar-refractivity contribution < 1.29 is 0 Å². The molecule has 0 aliphatic rings. The first kappa shape index (κ1) is 10.8. The van der Waals surface area contributed by atoms with Gasteiger partial charge in [-0.05, 0) is 18.5 Å². The monoisotopic (exact) mass is 216 g/mol. The van der Waals surface area contributed by atoms with E-state index in [-0.39, 0.29) is 0 Å². The third-order valence-corrected chi connectivity index (χ3v) is 5.42. The summed E-state index contributed by atoms with van der Waals surface area (Å²) in [7, 11) is 0. The van der Waals surface area contributed by atoms with Gasteiger partial charge in [0.25, 0.3) is 6.69 Å². The summed E-state index contributed by atoms with van der Waals surface area (Å²) in [6.45, 7) is 1.60. The molecule has 0 N–H and O–H groups in total. The second-order valence-corrected chi connectivity index (χ2v) is 10.1. The molecule has 0 nitrogen and oxygen atoms in total. The Morgan fingerprint density at radius 2 is 2.00 bits per heavy atom. The highest BCUT2D eigenvalue weighted by Crippen LogP contribution is 2.27. The van der Waals surface area contributed by atoms with Crippen LogP contribution < -0.4 is 0 Å². The fourth-order valence-electron chi connectivity index (χ4n) is 0.639. The van der Waals surface area contributed by atoms with Crippen LogP contribution in [0.5, 0.6) is 0 Å². The van der Waals surface area contributed by atoms with E-state index in [2.05, 4.69) is 6.58 Å². The Morgan fingerprint density at radius 3 is 2.40 bits per heavy atom. The summed E-state index contributed by atoms with van der Waals surface area (Å²) in [4.78, 5) is 0. The second-order valence-electron chi connectivity index (χ2n) is 2.14. The molecule has 10 heavy (non-hydrogen) atoms. The van der Waals surface area contributed by atoms with Crippen LogP contribution in [-0.2, 0) is 0 Å². The minimum absolute atomic E-state index is 0.644. The third-order valence-electron chi connectivity index (χ3n) is 1.12. The van der Waals surface area contributed by atoms with Crippen LogP contribution >= 0.6 is 33.8 Å². The van der Waals surface area contributed by atoms with E-state index in [1.165, 1.54) is 0 Å². The van der Waals surface area contributed by atoms with Gasteiger partial charge >= 0.3 is 0 Å². The molecule has 0 aromatic carbocycles. The highest BCUT2D eigenvalue weighted by molar-refractivity contribution is 7.45. The van der Waals surface area contributed by atoms with Crippen molar-refractivity contribution in [1.82, 2.24) is 0 Å². The van der Waals surface area contributed by atoms with E-state index in [0.29, 0.717) is 5.88 Å². The second kappa shape index (κ2) is 5.47. The van der Waals surface area contributed by atoms with Crippen molar-refractivity contribution >= 4 is 40.5 Å². The quantitative estimate of drug-likeness (QED) is 0.285. The molecule has 0 rings (SSSR count). The van der Waals surface area contributed by atoms with Gasteiger partial charge in [-0.2, -0.15) is 0 Å². The Bertz CT molecular complexity index is 103. The fourth-order valence-corrected chi connectivity index (χ4v) is 3.77. The SMILES string of the molecule is C=CC[Si](Cl)(Cl)CCCCl. The number of hydrogen-bond acceptors (Lipinski definition) is 0. The molecule has 0 bridgehead atoms. The smallest absolute Gasteiger partial charge is 0.146 e. The molecule has 4 heteroatoms. The van der Waals surface area contributed by atoms with Crippen LogP contribution in [0.4, 0.5) is 0 Å². The van der Waals surface area contributed by atoms with Crippen LogP contribution in [0.25, 0.3) is 0 Å². The van der Waals surface area contributed by atoms with E-state index in [1.807, 2.05) is 0 Å². The maximum absolute atomic E-state index is 5.99. The van der Waals surface area contributed by atoms with Crippen molar-refractivity contribution in [2.24, 2.45) is 0 Å². The topological polar surface area (TPSA) is 0 Å². The van der Waals surface area contributed by atoms with Gasteiger partial charge in [0.2, 0.25) is 0 Å². The van der Waals surface area contributed by atoms with Gasteiger partial charge in [-0.15, -0.1) is 40.3 Å². The minimum atomic E-state index is -1.98. The lowest BCUT2D eigenvalue weighted by Gasteiger charge is -2.12. The molecule has 0 saturated heterocycles. The van der Waals surface area contributed by atoms with E-state index >= 15 is 0 Å². The molecule has 0 heterocycles. The summed E-state index contributed by atoms with van der Waals surface area (Å²) in [5.41, 5.74) is 0. The summed E-state index contributed by atoms with van der Waals surface area (Å²) >= 11 is 17.5. The van der Waals surface area contributed by atoms with Crippen molar-refractivity contribution in [3.8, 4) is 0 Å². The molecule has 0 fully saturated rings. The van der Waals surface area contributed by atoms with Gasteiger partial charge in [0.15, 0.2) is 0 Å². The molecular weight excluding hydrogens is 207 g/mol. The van der Waals surface area contributed by atoms with Crippen molar-refractivity contribution in [2.75, 3.05) is 5.88 Å². The first-order chi connectivity index (χ1) is 4.62. The van der Waals surface area contributed by atoms with Crippen LogP contribution in [0.2, 0.25) is 12.1 Å². The summed E-state index contributed by atoms with van der Waals surface area (Å²) in [6.07, 6.45) is 2.69. The van der Waals surface area contributed by atoms with Crippen LogP contribution in [0.1, 0.15) is 6.42 Å². The molecule has 0 saturated carbocycles. The van der Waals surface area contributed by atoms with Gasteiger partial charge in [-0.1, -0.05) is 6.08 Å². The van der Waals surface area contributed by atoms with Gasteiger partial charge in [0.1, 0.15) is 0 Å². The first-order valence-corrected chi connectivity index (χ1v) is 8.14. The maximum atomic E-state index is 5.99. The van der Waals surface area contributed by atoms with Gasteiger partial charge in [0.05, 0.1) is 0 Å². The Hall–Kier alpha value is 0.827. The average Bonchev–Trinajstić information content (AvgIpc) is 1.84. The molecule has 60 valence electrons. The zero-order chi connectivity index (χ0) is 8.04. The average molecular weight is 218 g/mol. The lowest BCUT2D eigenvalue weighted by molar-refractivity contribution is 1.07. The number of halogens is 3. The summed E-state index contributed by atoms with van der Waals surface area (Å²) in [5.74, 6) is 0.644. The zero-order valence-electron chi connectivity index (χ0n) is 5.75. The van der Waals surface area contributed by atoms with E-state index in [1.54, 1.807) is 6.08 Å². The molecule has 0 radical (unpaired) electrons. The number of alkyl halides is 1. The Balaban J connectivity index is 3.51. The molecule has 0 spiro atoms. The number of allylic oxidation sites excluding steroid dienone is 1. The molecular formula is C6H11Cl3Si. The fraction of sp³-hybridized carbons (Fsp3) is 0.667. The van der Waals surface area contributed by atoms with Crippen molar-refractivity contribution in [3.05, 3.63) is 12.7 Å².